The van der Waals surface area contributed by atoms with Crippen molar-refractivity contribution in [2.75, 3.05) is 49.9 Å². The predicted molar refractivity (Wildman–Crippen MR) is 104 cm³/mol. The Morgan fingerprint density at radius 3 is 2.22 bits per heavy atom. The van der Waals surface area contributed by atoms with Crippen LogP contribution in [0.5, 0.6) is 0 Å². The summed E-state index contributed by atoms with van der Waals surface area (Å²) in [6.45, 7) is 4.44. The van der Waals surface area contributed by atoms with Crippen molar-refractivity contribution in [2.45, 2.75) is 0 Å². The van der Waals surface area contributed by atoms with Gasteiger partial charge in [-0.1, -0.05) is 0 Å². The molecule has 7 N–H and O–H groups in total. The van der Waals surface area contributed by atoms with E-state index in [4.69, 9.17) is 5.73 Å². The standard InChI is InChI=1S/C18H23N5O2.2H2O/c19-16-3-1-15(2-4-16)18(24)23(25)14-11-21-9-12-22(13-10-21)17-5-7-20-8-6-17;;/h1-8,23H,9-14,19H2;2*1H2. The molecule has 1 aliphatic rings. The van der Waals surface area contributed by atoms with Crippen LogP contribution >= 0.6 is 0 Å². The molecule has 1 aromatic carbocycles. The van der Waals surface area contributed by atoms with Gasteiger partial charge in [-0.15, -0.1) is 0 Å². The normalized spacial score (nSPS) is 15.4. The minimum atomic E-state index is -0.435. The average molecular weight is 377 g/mol. The molecule has 0 saturated carbocycles. The second-order valence-electron chi connectivity index (χ2n) is 6.16. The second-order valence-corrected chi connectivity index (χ2v) is 6.16. The summed E-state index contributed by atoms with van der Waals surface area (Å²) in [5.41, 5.74) is 7.76. The third-order valence-electron chi connectivity index (χ3n) is 4.48. The number of rotatable bonds is 5. The number of pyridine rings is 1. The van der Waals surface area contributed by atoms with Crippen LogP contribution in [-0.2, 0) is 0 Å². The van der Waals surface area contributed by atoms with Gasteiger partial charge < -0.3 is 31.9 Å². The van der Waals surface area contributed by atoms with Crippen molar-refractivity contribution in [1.29, 1.82) is 0 Å². The lowest BCUT2D eigenvalue weighted by Gasteiger charge is -2.36. The van der Waals surface area contributed by atoms with E-state index in [1.807, 2.05) is 12.1 Å². The van der Waals surface area contributed by atoms with E-state index in [0.717, 1.165) is 26.2 Å². The number of anilines is 2. The smallest absolute Gasteiger partial charge is 0.344 e. The third kappa shape index (κ3) is 5.98. The number of piperazine rings is 1. The van der Waals surface area contributed by atoms with Crippen molar-refractivity contribution < 1.29 is 20.8 Å². The lowest BCUT2D eigenvalue weighted by molar-refractivity contribution is -0.757. The van der Waals surface area contributed by atoms with Crippen LogP contribution < -0.4 is 15.7 Å². The molecule has 0 spiro atoms. The fraction of sp³-hybridized carbons (Fsp3) is 0.333. The van der Waals surface area contributed by atoms with Gasteiger partial charge in [-0.25, -0.2) is 4.79 Å². The van der Waals surface area contributed by atoms with Crippen LogP contribution in [0.3, 0.4) is 0 Å². The summed E-state index contributed by atoms with van der Waals surface area (Å²) in [7, 11) is 0. The fourth-order valence-electron chi connectivity index (χ4n) is 2.95. The van der Waals surface area contributed by atoms with E-state index >= 15 is 0 Å². The maximum atomic E-state index is 12.1. The van der Waals surface area contributed by atoms with Gasteiger partial charge >= 0.3 is 5.91 Å². The number of hydrogen-bond donors (Lipinski definition) is 2. The summed E-state index contributed by atoms with van der Waals surface area (Å²) in [5, 5.41) is 11.8. The Morgan fingerprint density at radius 1 is 1.04 bits per heavy atom. The Bertz CT molecular complexity index is 691. The number of quaternary nitrogens is 1. The zero-order valence-electron chi connectivity index (χ0n) is 15.1. The Balaban J connectivity index is 0.00000182. The van der Waals surface area contributed by atoms with Crippen LogP contribution in [0.15, 0.2) is 48.8 Å². The van der Waals surface area contributed by atoms with Gasteiger partial charge in [0.1, 0.15) is 0 Å². The lowest BCUT2D eigenvalue weighted by atomic mass is 10.2. The van der Waals surface area contributed by atoms with Gasteiger partial charge in [-0.05, 0) is 36.4 Å². The predicted octanol–water partition coefficient (Wildman–Crippen LogP) is -1.64. The molecule has 9 heteroatoms. The Hall–Kier alpha value is -2.56. The fourth-order valence-corrected chi connectivity index (χ4v) is 2.95. The van der Waals surface area contributed by atoms with Crippen LogP contribution in [0, 0.1) is 5.21 Å². The Kier molecular flexibility index (Phi) is 8.79. The van der Waals surface area contributed by atoms with Crippen molar-refractivity contribution in [3.05, 3.63) is 59.6 Å². The van der Waals surface area contributed by atoms with Crippen LogP contribution in [0.1, 0.15) is 10.4 Å². The van der Waals surface area contributed by atoms with E-state index < -0.39 is 5.91 Å². The number of nitrogen functional groups attached to an aromatic ring is 1. The van der Waals surface area contributed by atoms with E-state index in [0.29, 0.717) is 17.8 Å². The maximum Gasteiger partial charge on any atom is 0.344 e. The first-order chi connectivity index (χ1) is 12.1. The first-order valence-electron chi connectivity index (χ1n) is 8.44. The largest absolute Gasteiger partial charge is 0.626 e. The van der Waals surface area contributed by atoms with E-state index in [1.54, 1.807) is 36.7 Å². The van der Waals surface area contributed by atoms with Gasteiger partial charge in [0.2, 0.25) is 0 Å². The van der Waals surface area contributed by atoms with Gasteiger partial charge in [-0.2, -0.15) is 0 Å². The molecule has 0 bridgehead atoms. The highest BCUT2D eigenvalue weighted by molar-refractivity contribution is 5.87. The zero-order valence-corrected chi connectivity index (χ0v) is 15.1. The van der Waals surface area contributed by atoms with Crippen molar-refractivity contribution in [3.63, 3.8) is 0 Å². The van der Waals surface area contributed by atoms with Crippen molar-refractivity contribution in [2.24, 2.45) is 0 Å². The number of nitrogens with two attached hydrogens (primary N) is 1. The van der Waals surface area contributed by atoms with E-state index in [9.17, 15) is 10.0 Å². The summed E-state index contributed by atoms with van der Waals surface area (Å²) < 4.78 is 0. The van der Waals surface area contributed by atoms with Gasteiger partial charge in [-0.3, -0.25) is 9.88 Å². The lowest BCUT2D eigenvalue weighted by Crippen LogP contribution is -3.10. The molecule has 1 unspecified atom stereocenters. The number of hydrogen-bond acceptors (Lipinski definition) is 6. The van der Waals surface area contributed by atoms with E-state index in [-0.39, 0.29) is 22.6 Å². The molecule has 1 aromatic heterocycles. The second kappa shape index (κ2) is 10.6. The molecular weight excluding hydrogens is 350 g/mol. The van der Waals surface area contributed by atoms with Crippen LogP contribution in [0.25, 0.3) is 0 Å². The highest BCUT2D eigenvalue weighted by Gasteiger charge is 2.19. The van der Waals surface area contributed by atoms with Gasteiger partial charge in [0.05, 0.1) is 12.1 Å². The molecule has 1 amide bonds. The molecule has 1 fully saturated rings. The van der Waals surface area contributed by atoms with Crippen molar-refractivity contribution in [1.82, 2.24) is 9.88 Å². The number of nitrogens with zero attached hydrogens (tertiary/aromatic N) is 3. The molecule has 0 radical (unpaired) electrons. The minimum Gasteiger partial charge on any atom is -0.626 e. The number of carbonyl (C=O) groups excluding carboxylic acids is 1. The summed E-state index contributed by atoms with van der Waals surface area (Å²) in [5.74, 6) is -0.435. The van der Waals surface area contributed by atoms with Gasteiger partial charge in [0, 0.05) is 56.5 Å². The summed E-state index contributed by atoms with van der Waals surface area (Å²) in [4.78, 5) is 20.7. The molecule has 148 valence electrons. The van der Waals surface area contributed by atoms with E-state index in [1.165, 1.54) is 5.69 Å². The summed E-state index contributed by atoms with van der Waals surface area (Å²) >= 11 is 0. The molecule has 2 aromatic rings. The van der Waals surface area contributed by atoms with Crippen molar-refractivity contribution >= 4 is 17.3 Å². The molecule has 1 aliphatic heterocycles. The van der Waals surface area contributed by atoms with Gasteiger partial charge in [0.15, 0.2) is 0 Å². The molecule has 9 nitrogen and oxygen atoms in total. The SMILES string of the molecule is Nc1ccc(C(=O)[NH+]([O-])CCN2CCN(c3ccncc3)CC2)cc1.O.O. The number of aromatic nitrogens is 1. The van der Waals surface area contributed by atoms with Crippen LogP contribution in [0.4, 0.5) is 11.4 Å². The third-order valence-corrected chi connectivity index (χ3v) is 4.48. The number of hydroxylamine groups is 2. The maximum absolute atomic E-state index is 12.1. The quantitative estimate of drug-likeness (QED) is 0.471. The average Bonchev–Trinajstić information content (AvgIpc) is 2.67. The van der Waals surface area contributed by atoms with Gasteiger partial charge in [0.25, 0.3) is 0 Å². The molecule has 27 heavy (non-hydrogen) atoms. The molecule has 1 atom stereocenters. The number of carbonyl (C=O) groups is 1. The molecule has 2 heterocycles. The number of nitrogens with one attached hydrogen (secondary N) is 1. The molecule has 3 rings (SSSR count). The molecular formula is C18H27N5O4. The topological polar surface area (TPSA) is 153 Å². The molecule has 1 saturated heterocycles. The van der Waals surface area contributed by atoms with E-state index in [2.05, 4.69) is 14.8 Å². The number of amides is 1. The molecule has 0 aliphatic carbocycles. The first kappa shape index (κ1) is 22.5. The highest BCUT2D eigenvalue weighted by Crippen LogP contribution is 2.14. The Morgan fingerprint density at radius 2 is 1.63 bits per heavy atom. The zero-order chi connectivity index (χ0) is 17.6. The first-order valence-corrected chi connectivity index (χ1v) is 8.44. The summed E-state index contributed by atoms with van der Waals surface area (Å²) in [6.07, 6.45) is 3.59. The Labute approximate surface area is 158 Å². The van der Waals surface area contributed by atoms with Crippen LogP contribution in [-0.4, -0.2) is 66.0 Å². The highest BCUT2D eigenvalue weighted by atomic mass is 16.5. The minimum absolute atomic E-state index is 0. The monoisotopic (exact) mass is 377 g/mol. The number of benzene rings is 1. The van der Waals surface area contributed by atoms with Crippen molar-refractivity contribution in [3.8, 4) is 0 Å². The van der Waals surface area contributed by atoms with Crippen LogP contribution in [0.2, 0.25) is 0 Å². The summed E-state index contributed by atoms with van der Waals surface area (Å²) in [6, 6.07) is 10.5.